The van der Waals surface area contributed by atoms with Crippen LogP contribution in [0.3, 0.4) is 0 Å². The van der Waals surface area contributed by atoms with Gasteiger partial charge in [0.2, 0.25) is 0 Å². The second-order valence-electron chi connectivity index (χ2n) is 8.41. The summed E-state index contributed by atoms with van der Waals surface area (Å²) in [6.45, 7) is 0.682. The Labute approximate surface area is 186 Å². The van der Waals surface area contributed by atoms with Crippen LogP contribution in [-0.2, 0) is 11.8 Å². The summed E-state index contributed by atoms with van der Waals surface area (Å²) in [5, 5.41) is 23.4. The van der Waals surface area contributed by atoms with Crippen molar-refractivity contribution in [1.82, 2.24) is 9.78 Å². The molecule has 1 aliphatic heterocycles. The number of nitrogens with zero attached hydrogens (tertiary/aromatic N) is 4. The monoisotopic (exact) mass is 428 g/mol. The molecule has 0 radical (unpaired) electrons. The number of aromatic nitrogens is 2. The smallest absolute Gasteiger partial charge is 0.277 e. The second-order valence-corrected chi connectivity index (χ2v) is 8.41. The summed E-state index contributed by atoms with van der Waals surface area (Å²) in [6.07, 6.45) is 3.53. The van der Waals surface area contributed by atoms with Crippen molar-refractivity contribution >= 4 is 11.6 Å². The van der Waals surface area contributed by atoms with E-state index < -0.39 is 0 Å². The van der Waals surface area contributed by atoms with E-state index in [9.17, 15) is 15.2 Å². The minimum absolute atomic E-state index is 0.0983. The Hall–Kier alpha value is -3.63. The standard InChI is InChI=1S/C25H24N4O3/c1-32-20-8-6-19(7-9-20)29-23-21(22(16-26)27-29)10-14-28(24(23)31)18-4-2-17(3-5-18)25(11-12-25)13-15-30/h2-9,30H,10-15H2,1H3. The normalized spacial score (nSPS) is 16.4. The number of rotatable bonds is 6. The van der Waals surface area contributed by atoms with Crippen LogP contribution in [0.1, 0.15) is 46.6 Å². The van der Waals surface area contributed by atoms with Crippen molar-refractivity contribution < 1.29 is 14.6 Å². The minimum Gasteiger partial charge on any atom is -0.497 e. The van der Waals surface area contributed by atoms with Gasteiger partial charge in [-0.25, -0.2) is 4.68 Å². The number of amides is 1. The highest BCUT2D eigenvalue weighted by atomic mass is 16.5. The van der Waals surface area contributed by atoms with Crippen molar-refractivity contribution in [2.24, 2.45) is 0 Å². The van der Waals surface area contributed by atoms with Crippen molar-refractivity contribution in [2.45, 2.75) is 31.1 Å². The van der Waals surface area contributed by atoms with E-state index in [0.717, 1.165) is 24.9 Å². The van der Waals surface area contributed by atoms with Crippen molar-refractivity contribution in [3.05, 3.63) is 71.0 Å². The molecule has 1 saturated carbocycles. The molecule has 0 atom stereocenters. The highest BCUT2D eigenvalue weighted by molar-refractivity contribution is 6.07. The Morgan fingerprint density at radius 2 is 1.81 bits per heavy atom. The van der Waals surface area contributed by atoms with Gasteiger partial charge in [-0.1, -0.05) is 12.1 Å². The number of aliphatic hydroxyl groups excluding tert-OH is 1. The van der Waals surface area contributed by atoms with Gasteiger partial charge in [0.05, 0.1) is 12.8 Å². The van der Waals surface area contributed by atoms with E-state index >= 15 is 0 Å². The number of ether oxygens (including phenoxy) is 1. The molecule has 0 saturated heterocycles. The number of aliphatic hydroxyl groups is 1. The fourth-order valence-corrected chi connectivity index (χ4v) is 4.65. The summed E-state index contributed by atoms with van der Waals surface area (Å²) in [7, 11) is 1.60. The zero-order valence-electron chi connectivity index (χ0n) is 17.9. The Balaban J connectivity index is 1.49. The third-order valence-electron chi connectivity index (χ3n) is 6.67. The largest absolute Gasteiger partial charge is 0.497 e. The summed E-state index contributed by atoms with van der Waals surface area (Å²) < 4.78 is 6.79. The SMILES string of the molecule is COc1ccc(-n2nc(C#N)c3c2C(=O)N(c2ccc(C4(CCO)CC4)cc2)CC3)cc1. The van der Waals surface area contributed by atoms with Crippen LogP contribution in [0.25, 0.3) is 5.69 Å². The summed E-state index contributed by atoms with van der Waals surface area (Å²) >= 11 is 0. The van der Waals surface area contributed by atoms with Gasteiger partial charge in [-0.3, -0.25) is 4.79 Å². The molecule has 2 aliphatic rings. The lowest BCUT2D eigenvalue weighted by molar-refractivity contribution is 0.0973. The van der Waals surface area contributed by atoms with Gasteiger partial charge in [0, 0.05) is 24.4 Å². The van der Waals surface area contributed by atoms with Crippen LogP contribution in [0.2, 0.25) is 0 Å². The van der Waals surface area contributed by atoms with Crippen molar-refractivity contribution in [1.29, 1.82) is 5.26 Å². The number of fused-ring (bicyclic) bond motifs is 1. The minimum atomic E-state index is -0.166. The summed E-state index contributed by atoms with van der Waals surface area (Å²) in [4.78, 5) is 15.3. The number of methoxy groups -OCH3 is 1. The van der Waals surface area contributed by atoms with E-state index in [2.05, 4.69) is 23.3 Å². The summed E-state index contributed by atoms with van der Waals surface area (Å²) in [5.74, 6) is 0.540. The van der Waals surface area contributed by atoms with Gasteiger partial charge in [-0.15, -0.1) is 0 Å². The number of carbonyl (C=O) groups excluding carboxylic acids is 1. The number of benzene rings is 2. The molecule has 1 N–H and O–H groups in total. The van der Waals surface area contributed by atoms with Gasteiger partial charge >= 0.3 is 0 Å². The van der Waals surface area contributed by atoms with E-state index in [4.69, 9.17) is 4.74 Å². The molecule has 2 aromatic carbocycles. The lowest BCUT2D eigenvalue weighted by atomic mass is 9.92. The third-order valence-corrected chi connectivity index (χ3v) is 6.67. The fraction of sp³-hybridized carbons (Fsp3) is 0.320. The molecule has 1 aromatic heterocycles. The Morgan fingerprint density at radius 3 is 2.41 bits per heavy atom. The van der Waals surface area contributed by atoms with E-state index in [1.807, 2.05) is 24.3 Å². The van der Waals surface area contributed by atoms with Crippen LogP contribution < -0.4 is 9.64 Å². The van der Waals surface area contributed by atoms with Gasteiger partial charge in [-0.05, 0) is 73.1 Å². The van der Waals surface area contributed by atoms with Crippen LogP contribution >= 0.6 is 0 Å². The summed E-state index contributed by atoms with van der Waals surface area (Å²) in [5.41, 5.74) is 4.26. The first-order valence-corrected chi connectivity index (χ1v) is 10.8. The van der Waals surface area contributed by atoms with Crippen LogP contribution in [0, 0.1) is 11.3 Å². The maximum Gasteiger partial charge on any atom is 0.277 e. The van der Waals surface area contributed by atoms with E-state index in [1.54, 1.807) is 28.8 Å². The average molecular weight is 428 g/mol. The van der Waals surface area contributed by atoms with Gasteiger partial charge in [-0.2, -0.15) is 10.4 Å². The second kappa shape index (κ2) is 7.81. The maximum absolute atomic E-state index is 13.6. The Morgan fingerprint density at radius 1 is 1.12 bits per heavy atom. The molecule has 0 spiro atoms. The number of anilines is 1. The van der Waals surface area contributed by atoms with Crippen LogP contribution in [0.15, 0.2) is 48.5 Å². The average Bonchev–Trinajstić information content (AvgIpc) is 3.52. The number of hydrogen-bond acceptors (Lipinski definition) is 5. The molecule has 1 aliphatic carbocycles. The highest BCUT2D eigenvalue weighted by Crippen LogP contribution is 2.51. The molecule has 32 heavy (non-hydrogen) atoms. The first-order valence-electron chi connectivity index (χ1n) is 10.8. The predicted molar refractivity (Wildman–Crippen MR) is 119 cm³/mol. The predicted octanol–water partition coefficient (Wildman–Crippen LogP) is 3.37. The molecular formula is C25H24N4O3. The quantitative estimate of drug-likeness (QED) is 0.650. The molecule has 2 heterocycles. The zero-order valence-corrected chi connectivity index (χ0v) is 17.9. The van der Waals surface area contributed by atoms with E-state index in [0.29, 0.717) is 41.4 Å². The number of hydrogen-bond donors (Lipinski definition) is 1. The third kappa shape index (κ3) is 3.24. The first kappa shape index (κ1) is 20.3. The Bertz CT molecular complexity index is 1200. The molecule has 0 bridgehead atoms. The fourth-order valence-electron chi connectivity index (χ4n) is 4.65. The van der Waals surface area contributed by atoms with E-state index in [1.165, 1.54) is 5.56 Å². The molecule has 7 nitrogen and oxygen atoms in total. The van der Waals surface area contributed by atoms with Gasteiger partial charge < -0.3 is 14.7 Å². The topological polar surface area (TPSA) is 91.4 Å². The number of carbonyl (C=O) groups is 1. The molecule has 5 rings (SSSR count). The molecule has 0 unspecified atom stereocenters. The molecule has 1 fully saturated rings. The molecular weight excluding hydrogens is 404 g/mol. The lowest BCUT2D eigenvalue weighted by Gasteiger charge is -2.28. The number of nitriles is 1. The summed E-state index contributed by atoms with van der Waals surface area (Å²) in [6, 6.07) is 17.5. The van der Waals surface area contributed by atoms with Crippen molar-refractivity contribution in [2.75, 3.05) is 25.2 Å². The van der Waals surface area contributed by atoms with E-state index in [-0.39, 0.29) is 17.9 Å². The zero-order chi connectivity index (χ0) is 22.3. The van der Waals surface area contributed by atoms with Crippen molar-refractivity contribution in [3.8, 4) is 17.5 Å². The first-order chi connectivity index (χ1) is 15.6. The molecule has 1 amide bonds. The Kier molecular flexibility index (Phi) is 4.95. The van der Waals surface area contributed by atoms with Gasteiger partial charge in [0.25, 0.3) is 5.91 Å². The molecule has 162 valence electrons. The van der Waals surface area contributed by atoms with Crippen LogP contribution in [0.4, 0.5) is 5.69 Å². The van der Waals surface area contributed by atoms with Crippen LogP contribution in [0.5, 0.6) is 5.75 Å². The lowest BCUT2D eigenvalue weighted by Crippen LogP contribution is -2.38. The highest BCUT2D eigenvalue weighted by Gasteiger charge is 2.43. The van der Waals surface area contributed by atoms with Gasteiger partial charge in [0.1, 0.15) is 17.5 Å². The molecule has 3 aromatic rings. The van der Waals surface area contributed by atoms with Crippen molar-refractivity contribution in [3.63, 3.8) is 0 Å². The molecule has 7 heteroatoms. The maximum atomic E-state index is 13.6. The van der Waals surface area contributed by atoms with Crippen LogP contribution in [-0.4, -0.2) is 41.1 Å². The van der Waals surface area contributed by atoms with Gasteiger partial charge in [0.15, 0.2) is 5.69 Å².